The molecule has 0 unspecified atom stereocenters. The van der Waals surface area contributed by atoms with Gasteiger partial charge in [0.15, 0.2) is 0 Å². The van der Waals surface area contributed by atoms with E-state index in [0.717, 1.165) is 84.4 Å². The molecule has 1 fully saturated rings. The maximum absolute atomic E-state index is 14.0. The van der Waals surface area contributed by atoms with Gasteiger partial charge in [0.05, 0.1) is 11.0 Å². The van der Waals surface area contributed by atoms with Crippen molar-refractivity contribution < 1.29 is 9.13 Å². The molecule has 198 valence electrons. The number of rotatable bonds is 6. The number of benzene rings is 2. The van der Waals surface area contributed by atoms with Gasteiger partial charge in [-0.25, -0.2) is 9.18 Å². The molecule has 0 amide bonds. The molecule has 3 aromatic rings. The molecule has 6 nitrogen and oxygen atoms in total. The minimum atomic E-state index is -0.334. The lowest BCUT2D eigenvalue weighted by atomic mass is 9.90. The van der Waals surface area contributed by atoms with Crippen LogP contribution in [0.3, 0.4) is 0 Å². The molecule has 38 heavy (non-hydrogen) atoms. The predicted molar refractivity (Wildman–Crippen MR) is 152 cm³/mol. The van der Waals surface area contributed by atoms with Crippen molar-refractivity contribution in [3.63, 3.8) is 0 Å². The molecule has 0 bridgehead atoms. The van der Waals surface area contributed by atoms with E-state index >= 15 is 0 Å². The zero-order chi connectivity index (χ0) is 26.6. The molecule has 1 saturated heterocycles. The van der Waals surface area contributed by atoms with Crippen LogP contribution in [0.2, 0.25) is 0 Å². The molecular weight excluding hydrogens is 479 g/mol. The lowest BCUT2D eigenvalue weighted by Crippen LogP contribution is -2.44. The number of halogens is 1. The van der Waals surface area contributed by atoms with Gasteiger partial charge in [-0.05, 0) is 80.4 Å². The average molecular weight is 515 g/mol. The zero-order valence-corrected chi connectivity index (χ0v) is 22.4. The smallest absolute Gasteiger partial charge is 0.326 e. The van der Waals surface area contributed by atoms with E-state index in [1.807, 2.05) is 22.8 Å². The third-order valence-corrected chi connectivity index (χ3v) is 7.49. The molecule has 2 aromatic carbocycles. The number of aryl methyl sites for hydroxylation is 1. The number of piperazine rings is 1. The number of ether oxygens (including phenoxy) is 1. The Morgan fingerprint density at radius 3 is 2.68 bits per heavy atom. The zero-order valence-electron chi connectivity index (χ0n) is 22.4. The van der Waals surface area contributed by atoms with Gasteiger partial charge in [0.25, 0.3) is 0 Å². The van der Waals surface area contributed by atoms with Crippen LogP contribution in [0.1, 0.15) is 37.8 Å². The van der Waals surface area contributed by atoms with Gasteiger partial charge in [0.1, 0.15) is 18.2 Å². The molecule has 7 heteroatoms. The number of fused-ring (bicyclic) bond motifs is 2. The highest BCUT2D eigenvalue weighted by molar-refractivity contribution is 5.95. The molecule has 0 aliphatic carbocycles. The number of aromatic amines is 1. The van der Waals surface area contributed by atoms with Crippen molar-refractivity contribution in [1.82, 2.24) is 19.4 Å². The summed E-state index contributed by atoms with van der Waals surface area (Å²) >= 11 is 0. The first-order valence-corrected chi connectivity index (χ1v) is 13.4. The third-order valence-electron chi connectivity index (χ3n) is 7.49. The maximum Gasteiger partial charge on any atom is 0.326 e. The van der Waals surface area contributed by atoms with Gasteiger partial charge < -0.3 is 19.5 Å². The number of likely N-dealkylation sites (N-methyl/N-ethyl adjacent to an activating group) is 1. The Balaban J connectivity index is 1.46. The Morgan fingerprint density at radius 2 is 1.92 bits per heavy atom. The normalized spacial score (nSPS) is 17.7. The van der Waals surface area contributed by atoms with Crippen molar-refractivity contribution in [2.24, 2.45) is 0 Å². The second-order valence-corrected chi connectivity index (χ2v) is 10.0. The Bertz CT molecular complexity index is 1510. The predicted octanol–water partition coefficient (Wildman–Crippen LogP) is 4.77. The van der Waals surface area contributed by atoms with Crippen LogP contribution in [0.25, 0.3) is 22.7 Å². The molecule has 0 spiro atoms. The number of aromatic nitrogens is 2. The van der Waals surface area contributed by atoms with Crippen LogP contribution in [-0.2, 0) is 6.54 Å². The molecule has 2 aliphatic heterocycles. The average Bonchev–Trinajstić information content (AvgIpc) is 3.14. The van der Waals surface area contributed by atoms with Crippen molar-refractivity contribution in [2.75, 3.05) is 46.4 Å². The number of hydrogen-bond acceptors (Lipinski definition) is 4. The molecule has 0 saturated carbocycles. The SMILES string of the molecule is CC#CC1=C(CC)/C(=C\c2ccc3c(c2)[nH]c(=O)n3CCCN2CCN(C)CC2)c2ccc(F)cc2OC1. The van der Waals surface area contributed by atoms with Gasteiger partial charge in [-0.15, -0.1) is 5.92 Å². The van der Waals surface area contributed by atoms with Gasteiger partial charge >= 0.3 is 5.69 Å². The summed E-state index contributed by atoms with van der Waals surface area (Å²) in [6.07, 6.45) is 3.78. The minimum Gasteiger partial charge on any atom is -0.487 e. The van der Waals surface area contributed by atoms with Crippen molar-refractivity contribution in [3.05, 3.63) is 75.0 Å². The fourth-order valence-electron chi connectivity index (χ4n) is 5.41. The van der Waals surface area contributed by atoms with Gasteiger partial charge in [-0.2, -0.15) is 0 Å². The second-order valence-electron chi connectivity index (χ2n) is 10.0. The van der Waals surface area contributed by atoms with Crippen LogP contribution >= 0.6 is 0 Å². The summed E-state index contributed by atoms with van der Waals surface area (Å²) in [5, 5.41) is 0. The van der Waals surface area contributed by atoms with Crippen LogP contribution < -0.4 is 10.4 Å². The summed E-state index contributed by atoms with van der Waals surface area (Å²) in [5.41, 5.74) is 6.37. The van der Waals surface area contributed by atoms with Crippen molar-refractivity contribution in [1.29, 1.82) is 0 Å². The van der Waals surface area contributed by atoms with E-state index in [0.29, 0.717) is 18.9 Å². The van der Waals surface area contributed by atoms with E-state index in [2.05, 4.69) is 46.7 Å². The quantitative estimate of drug-likeness (QED) is 0.482. The Labute approximate surface area is 223 Å². The number of H-pyrrole nitrogens is 1. The van der Waals surface area contributed by atoms with Crippen LogP contribution in [0, 0.1) is 17.7 Å². The van der Waals surface area contributed by atoms with Gasteiger partial charge in [0.2, 0.25) is 0 Å². The van der Waals surface area contributed by atoms with Crippen molar-refractivity contribution in [3.8, 4) is 17.6 Å². The summed E-state index contributed by atoms with van der Waals surface area (Å²) in [6, 6.07) is 10.7. The molecule has 3 heterocycles. The largest absolute Gasteiger partial charge is 0.487 e. The van der Waals surface area contributed by atoms with E-state index in [9.17, 15) is 9.18 Å². The number of hydrogen-bond donors (Lipinski definition) is 1. The Hall–Kier alpha value is -3.60. The molecule has 2 aliphatic rings. The maximum atomic E-state index is 14.0. The molecule has 1 N–H and O–H groups in total. The number of allylic oxidation sites excluding steroid dienone is 2. The van der Waals surface area contributed by atoms with Crippen LogP contribution in [0.5, 0.6) is 5.75 Å². The van der Waals surface area contributed by atoms with Crippen LogP contribution in [0.4, 0.5) is 4.39 Å². The lowest BCUT2D eigenvalue weighted by molar-refractivity contribution is 0.151. The second kappa shape index (κ2) is 11.4. The highest BCUT2D eigenvalue weighted by Crippen LogP contribution is 2.39. The number of nitrogens with zero attached hydrogens (tertiary/aromatic N) is 3. The standard InChI is InChI=1S/C31H35FN4O2/c1-4-7-23-21-38-30-20-24(32)9-10-26(30)27(25(23)5-2)18-22-8-11-29-28(19-22)33-31(37)36(29)13-6-12-35-16-14-34(3)15-17-35/h8-11,18-20H,5-6,12-17,21H2,1-3H3,(H,33,37)/b27-18+. The minimum absolute atomic E-state index is 0.0819. The van der Waals surface area contributed by atoms with Gasteiger partial charge in [-0.1, -0.05) is 18.9 Å². The number of imidazole rings is 1. The highest BCUT2D eigenvalue weighted by atomic mass is 19.1. The fourth-order valence-corrected chi connectivity index (χ4v) is 5.41. The third kappa shape index (κ3) is 5.47. The Morgan fingerprint density at radius 1 is 1.11 bits per heavy atom. The molecule has 1 aromatic heterocycles. The fraction of sp³-hybridized carbons (Fsp3) is 0.387. The lowest BCUT2D eigenvalue weighted by Gasteiger charge is -2.32. The van der Waals surface area contributed by atoms with E-state index in [-0.39, 0.29) is 11.5 Å². The van der Waals surface area contributed by atoms with Crippen molar-refractivity contribution >= 4 is 22.7 Å². The van der Waals surface area contributed by atoms with Crippen LogP contribution in [-0.4, -0.2) is 65.7 Å². The first-order chi connectivity index (χ1) is 18.5. The molecule has 0 radical (unpaired) electrons. The van der Waals surface area contributed by atoms with Crippen molar-refractivity contribution in [2.45, 2.75) is 33.2 Å². The van der Waals surface area contributed by atoms with E-state index in [1.54, 1.807) is 13.0 Å². The first-order valence-electron chi connectivity index (χ1n) is 13.4. The Kier molecular flexibility index (Phi) is 7.82. The first kappa shape index (κ1) is 26.0. The van der Waals surface area contributed by atoms with E-state index in [4.69, 9.17) is 4.74 Å². The molecule has 0 atom stereocenters. The molecule has 5 rings (SSSR count). The van der Waals surface area contributed by atoms with Gasteiger partial charge in [-0.3, -0.25) is 4.57 Å². The summed E-state index contributed by atoms with van der Waals surface area (Å²) in [4.78, 5) is 20.7. The summed E-state index contributed by atoms with van der Waals surface area (Å²) < 4.78 is 21.9. The summed E-state index contributed by atoms with van der Waals surface area (Å²) in [6.45, 7) is 10.2. The summed E-state index contributed by atoms with van der Waals surface area (Å²) in [5.74, 6) is 6.35. The topological polar surface area (TPSA) is 53.5 Å². The molecular formula is C31H35FN4O2. The monoisotopic (exact) mass is 514 g/mol. The van der Waals surface area contributed by atoms with Gasteiger partial charge in [0, 0.05) is 49.9 Å². The van der Waals surface area contributed by atoms with Crippen LogP contribution in [0.15, 0.2) is 52.3 Å². The van der Waals surface area contributed by atoms with E-state index < -0.39 is 0 Å². The van der Waals surface area contributed by atoms with E-state index in [1.165, 1.54) is 12.1 Å². The highest BCUT2D eigenvalue weighted by Gasteiger charge is 2.21. The summed E-state index contributed by atoms with van der Waals surface area (Å²) in [7, 11) is 2.16. The number of nitrogens with one attached hydrogen (secondary N) is 1.